The van der Waals surface area contributed by atoms with Gasteiger partial charge in [-0.05, 0) is 48.9 Å². The number of ether oxygens (including phenoxy) is 1. The van der Waals surface area contributed by atoms with Crippen LogP contribution < -0.4 is 15.4 Å². The zero-order valence-corrected chi connectivity index (χ0v) is 20.1. The average Bonchev–Trinajstić information content (AvgIpc) is 3.26. The van der Waals surface area contributed by atoms with Crippen molar-refractivity contribution in [2.24, 2.45) is 7.05 Å². The van der Waals surface area contributed by atoms with Crippen LogP contribution >= 0.6 is 0 Å². The van der Waals surface area contributed by atoms with E-state index in [4.69, 9.17) is 0 Å². The molecule has 0 bridgehead atoms. The molecule has 0 aliphatic carbocycles. The number of hydrogen-bond acceptors (Lipinski definition) is 7. The summed E-state index contributed by atoms with van der Waals surface area (Å²) >= 11 is 0. The summed E-state index contributed by atoms with van der Waals surface area (Å²) < 4.78 is 43.3. The van der Waals surface area contributed by atoms with Gasteiger partial charge < -0.3 is 19.9 Å². The molecule has 5 rings (SSSR count). The number of imidazole rings is 1. The molecule has 0 saturated carbocycles. The quantitative estimate of drug-likeness (QED) is 0.300. The number of aromatic nitrogens is 5. The average molecular weight is 519 g/mol. The van der Waals surface area contributed by atoms with Crippen LogP contribution in [0.25, 0.3) is 22.6 Å². The smallest absolute Gasteiger partial charge is 0.406 e. The van der Waals surface area contributed by atoms with Gasteiger partial charge in [-0.2, -0.15) is 0 Å². The number of nitrogens with zero attached hydrogens (tertiary/aromatic N) is 5. The zero-order valence-electron chi connectivity index (χ0n) is 20.1. The van der Waals surface area contributed by atoms with Crippen molar-refractivity contribution in [1.29, 1.82) is 0 Å². The third-order valence-corrected chi connectivity index (χ3v) is 5.58. The summed E-state index contributed by atoms with van der Waals surface area (Å²) in [6.07, 6.45) is 0.0957. The van der Waals surface area contributed by atoms with Crippen molar-refractivity contribution in [3.05, 3.63) is 84.4 Å². The van der Waals surface area contributed by atoms with Crippen LogP contribution in [0.5, 0.6) is 5.75 Å². The molecule has 38 heavy (non-hydrogen) atoms. The van der Waals surface area contributed by atoms with E-state index in [9.17, 15) is 18.0 Å². The summed E-state index contributed by atoms with van der Waals surface area (Å²) in [6, 6.07) is 13.7. The Morgan fingerprint density at radius 3 is 2.58 bits per heavy atom. The molecule has 0 saturated heterocycles. The second kappa shape index (κ2) is 9.81. The molecule has 1 amide bonds. The van der Waals surface area contributed by atoms with Gasteiger partial charge in [0.05, 0.1) is 6.33 Å². The highest BCUT2D eigenvalue weighted by Crippen LogP contribution is 2.29. The highest BCUT2D eigenvalue weighted by atomic mass is 19.4. The first-order valence-electron chi connectivity index (χ1n) is 11.3. The van der Waals surface area contributed by atoms with E-state index in [1.54, 1.807) is 53.6 Å². The predicted molar refractivity (Wildman–Crippen MR) is 135 cm³/mol. The van der Waals surface area contributed by atoms with Crippen molar-refractivity contribution in [3.63, 3.8) is 0 Å². The van der Waals surface area contributed by atoms with E-state index in [-0.39, 0.29) is 11.3 Å². The molecule has 5 aromatic rings. The van der Waals surface area contributed by atoms with E-state index in [1.807, 2.05) is 14.0 Å². The minimum Gasteiger partial charge on any atom is -0.406 e. The molecule has 0 atom stereocenters. The van der Waals surface area contributed by atoms with Gasteiger partial charge in [-0.3, -0.25) is 9.78 Å². The molecule has 2 N–H and O–H groups in total. The Balaban J connectivity index is 1.44. The Labute approximate surface area is 214 Å². The van der Waals surface area contributed by atoms with Crippen molar-refractivity contribution in [2.45, 2.75) is 13.3 Å². The number of pyridine rings is 1. The Kier molecular flexibility index (Phi) is 6.37. The molecular weight excluding hydrogens is 499 g/mol. The number of amides is 1. The maximum atomic E-state index is 12.9. The molecule has 3 aromatic heterocycles. The molecule has 9 nitrogen and oxygen atoms in total. The standard InChI is InChI=1S/C26H20F3N7O2/c1-15-6-7-17(25(37)32-18-4-3-5-19(13-18)38-26(27,28)29)12-20(15)33-23-21-24(36(2)14-31-21)35-22(34-23)16-8-10-30-11-9-16/h3-14H,1-2H3,(H,32,37)(H,33,34,35). The van der Waals surface area contributed by atoms with Crippen LogP contribution in [0.4, 0.5) is 30.4 Å². The van der Waals surface area contributed by atoms with Crippen molar-refractivity contribution >= 4 is 34.3 Å². The second-order valence-electron chi connectivity index (χ2n) is 8.34. The summed E-state index contributed by atoms with van der Waals surface area (Å²) in [5.74, 6) is -0.0337. The molecule has 0 spiro atoms. The maximum absolute atomic E-state index is 12.9. The summed E-state index contributed by atoms with van der Waals surface area (Å²) in [5, 5.41) is 5.86. The van der Waals surface area contributed by atoms with Gasteiger partial charge >= 0.3 is 6.36 Å². The number of rotatable bonds is 6. The lowest BCUT2D eigenvalue weighted by atomic mass is 10.1. The number of carbonyl (C=O) groups is 1. The van der Waals surface area contributed by atoms with Gasteiger partial charge in [0.1, 0.15) is 5.75 Å². The predicted octanol–water partition coefficient (Wildman–Crippen LogP) is 5.63. The topological polar surface area (TPSA) is 107 Å². The summed E-state index contributed by atoms with van der Waals surface area (Å²) in [6.45, 7) is 1.86. The van der Waals surface area contributed by atoms with Crippen LogP contribution in [0, 0.1) is 6.92 Å². The fraction of sp³-hybridized carbons (Fsp3) is 0.115. The SMILES string of the molecule is Cc1ccc(C(=O)Nc2cccc(OC(F)(F)F)c2)cc1Nc1nc(-c2ccncc2)nc2c1ncn2C. The van der Waals surface area contributed by atoms with Gasteiger partial charge in [-0.25, -0.2) is 15.0 Å². The number of anilines is 3. The van der Waals surface area contributed by atoms with E-state index in [1.165, 1.54) is 12.1 Å². The molecule has 0 unspecified atom stereocenters. The van der Waals surface area contributed by atoms with Gasteiger partial charge in [-0.15, -0.1) is 13.2 Å². The molecule has 0 radical (unpaired) electrons. The van der Waals surface area contributed by atoms with Crippen LogP contribution in [0.1, 0.15) is 15.9 Å². The molecule has 12 heteroatoms. The van der Waals surface area contributed by atoms with Gasteiger partial charge in [0, 0.05) is 48.0 Å². The van der Waals surface area contributed by atoms with Gasteiger partial charge in [0.2, 0.25) is 0 Å². The molecule has 0 aliphatic heterocycles. The first kappa shape index (κ1) is 24.7. The van der Waals surface area contributed by atoms with E-state index in [0.29, 0.717) is 28.5 Å². The Bertz CT molecular complexity index is 1640. The minimum atomic E-state index is -4.84. The van der Waals surface area contributed by atoms with Crippen LogP contribution in [-0.2, 0) is 7.05 Å². The zero-order chi connectivity index (χ0) is 26.9. The number of hydrogen-bond donors (Lipinski definition) is 2. The van der Waals surface area contributed by atoms with Crippen LogP contribution in [0.3, 0.4) is 0 Å². The van der Waals surface area contributed by atoms with Crippen LogP contribution in [0.2, 0.25) is 0 Å². The lowest BCUT2D eigenvalue weighted by molar-refractivity contribution is -0.274. The largest absolute Gasteiger partial charge is 0.573 e. The fourth-order valence-corrected chi connectivity index (χ4v) is 3.72. The minimum absolute atomic E-state index is 0.153. The summed E-state index contributed by atoms with van der Waals surface area (Å²) in [5.41, 5.74) is 3.78. The number of nitrogens with one attached hydrogen (secondary N) is 2. The number of fused-ring (bicyclic) bond motifs is 1. The lowest BCUT2D eigenvalue weighted by Crippen LogP contribution is -2.17. The molecule has 3 heterocycles. The van der Waals surface area contributed by atoms with Gasteiger partial charge in [0.15, 0.2) is 22.8 Å². The number of halogens is 3. The molecule has 2 aromatic carbocycles. The van der Waals surface area contributed by atoms with Crippen molar-refractivity contribution < 1.29 is 22.7 Å². The Morgan fingerprint density at radius 1 is 1.03 bits per heavy atom. The number of alkyl halides is 3. The highest BCUT2D eigenvalue weighted by Gasteiger charge is 2.31. The first-order valence-corrected chi connectivity index (χ1v) is 11.3. The number of carbonyl (C=O) groups excluding carboxylic acids is 1. The summed E-state index contributed by atoms with van der Waals surface area (Å²) in [7, 11) is 1.83. The molecular formula is C26H20F3N7O2. The normalized spacial score (nSPS) is 11.4. The second-order valence-corrected chi connectivity index (χ2v) is 8.34. The maximum Gasteiger partial charge on any atom is 0.573 e. The van der Waals surface area contributed by atoms with E-state index >= 15 is 0 Å². The van der Waals surface area contributed by atoms with Crippen molar-refractivity contribution in [1.82, 2.24) is 24.5 Å². The highest BCUT2D eigenvalue weighted by molar-refractivity contribution is 6.05. The van der Waals surface area contributed by atoms with Gasteiger partial charge in [0.25, 0.3) is 5.91 Å². The van der Waals surface area contributed by atoms with Gasteiger partial charge in [-0.1, -0.05) is 12.1 Å². The lowest BCUT2D eigenvalue weighted by Gasteiger charge is -2.13. The van der Waals surface area contributed by atoms with E-state index in [2.05, 4.69) is 35.3 Å². The fourth-order valence-electron chi connectivity index (χ4n) is 3.72. The molecule has 0 fully saturated rings. The third kappa shape index (κ3) is 5.38. The Hall–Kier alpha value is -5.00. The third-order valence-electron chi connectivity index (χ3n) is 5.58. The summed E-state index contributed by atoms with van der Waals surface area (Å²) in [4.78, 5) is 30.7. The number of aryl methyl sites for hydroxylation is 2. The molecule has 0 aliphatic rings. The van der Waals surface area contributed by atoms with Crippen molar-refractivity contribution in [3.8, 4) is 17.1 Å². The van der Waals surface area contributed by atoms with Crippen LogP contribution in [0.15, 0.2) is 73.3 Å². The van der Waals surface area contributed by atoms with E-state index in [0.717, 1.165) is 23.3 Å². The molecule has 192 valence electrons. The van der Waals surface area contributed by atoms with Crippen molar-refractivity contribution in [2.75, 3.05) is 10.6 Å². The van der Waals surface area contributed by atoms with Crippen LogP contribution in [-0.4, -0.2) is 36.8 Å². The first-order chi connectivity index (χ1) is 18.2. The number of benzene rings is 2. The Morgan fingerprint density at radius 2 is 1.82 bits per heavy atom. The monoisotopic (exact) mass is 519 g/mol. The van der Waals surface area contributed by atoms with E-state index < -0.39 is 18.0 Å².